The van der Waals surface area contributed by atoms with Crippen molar-refractivity contribution in [3.05, 3.63) is 41.7 Å². The van der Waals surface area contributed by atoms with Gasteiger partial charge in [-0.3, -0.25) is 0 Å². The van der Waals surface area contributed by atoms with Gasteiger partial charge in [0.05, 0.1) is 5.56 Å². The third-order valence-electron chi connectivity index (χ3n) is 1.89. The van der Waals surface area contributed by atoms with Gasteiger partial charge in [-0.05, 0) is 30.5 Å². The Bertz CT molecular complexity index is 393. The summed E-state index contributed by atoms with van der Waals surface area (Å²) in [5.74, 6) is -0.630. The molecular formula is C11H10FNO. The van der Waals surface area contributed by atoms with Crippen LogP contribution in [0.2, 0.25) is 0 Å². The Hall–Kier alpha value is -1.82. The molecule has 3 heteroatoms. The fourth-order valence-electron chi connectivity index (χ4n) is 1.19. The number of hydrogen-bond donors (Lipinski definition) is 1. The number of hydrogen-bond acceptors (Lipinski definition) is 2. The minimum atomic E-state index is -0.501. The third-order valence-corrected chi connectivity index (χ3v) is 1.89. The van der Waals surface area contributed by atoms with Gasteiger partial charge in [0.15, 0.2) is 0 Å². The fourth-order valence-corrected chi connectivity index (χ4v) is 1.19. The maximum atomic E-state index is 12.9. The Balaban J connectivity index is 3.10. The molecule has 14 heavy (non-hydrogen) atoms. The summed E-state index contributed by atoms with van der Waals surface area (Å²) in [5.41, 5.74) is 0.422. The molecule has 1 N–H and O–H groups in total. The summed E-state index contributed by atoms with van der Waals surface area (Å²) in [6.07, 6.45) is 2.81. The van der Waals surface area contributed by atoms with Gasteiger partial charge in [-0.1, -0.05) is 6.08 Å². The van der Waals surface area contributed by atoms with Crippen molar-refractivity contribution in [1.82, 2.24) is 0 Å². The quantitative estimate of drug-likeness (QED) is 0.746. The lowest BCUT2D eigenvalue weighted by Gasteiger charge is -2.04. The van der Waals surface area contributed by atoms with Crippen molar-refractivity contribution in [2.75, 3.05) is 0 Å². The zero-order valence-corrected chi connectivity index (χ0v) is 7.63. The second-order valence-corrected chi connectivity index (χ2v) is 2.90. The number of allylic oxidation sites excluding steroid dienone is 1. The number of phenolic OH excluding ortho intramolecular Hbond substituents is 1. The van der Waals surface area contributed by atoms with Gasteiger partial charge in [-0.2, -0.15) is 5.26 Å². The molecule has 0 heterocycles. The molecule has 2 nitrogen and oxygen atoms in total. The first-order chi connectivity index (χ1) is 6.69. The molecule has 72 valence electrons. The first-order valence-electron chi connectivity index (χ1n) is 4.21. The van der Waals surface area contributed by atoms with Crippen molar-refractivity contribution in [2.24, 2.45) is 0 Å². The van der Waals surface area contributed by atoms with Crippen molar-refractivity contribution in [3.63, 3.8) is 0 Å². The Kier molecular flexibility index (Phi) is 3.24. The van der Waals surface area contributed by atoms with Gasteiger partial charge in [-0.15, -0.1) is 6.58 Å². The van der Waals surface area contributed by atoms with E-state index >= 15 is 0 Å². The number of rotatable bonds is 3. The molecule has 0 saturated heterocycles. The normalized spacial score (nSPS) is 9.43. The molecule has 0 saturated carbocycles. The molecule has 0 bridgehead atoms. The van der Waals surface area contributed by atoms with Gasteiger partial charge < -0.3 is 5.11 Å². The van der Waals surface area contributed by atoms with E-state index in [4.69, 9.17) is 5.26 Å². The Morgan fingerprint density at radius 2 is 2.29 bits per heavy atom. The van der Waals surface area contributed by atoms with Crippen LogP contribution in [-0.4, -0.2) is 5.11 Å². The van der Waals surface area contributed by atoms with E-state index in [0.29, 0.717) is 18.4 Å². The molecule has 0 radical (unpaired) electrons. The second kappa shape index (κ2) is 4.43. The molecule has 0 aliphatic heterocycles. The summed E-state index contributed by atoms with van der Waals surface area (Å²) in [6.45, 7) is 3.53. The smallest absolute Gasteiger partial charge is 0.136 e. The van der Waals surface area contributed by atoms with E-state index < -0.39 is 5.82 Å². The monoisotopic (exact) mass is 191 g/mol. The maximum Gasteiger partial charge on any atom is 0.136 e. The average molecular weight is 191 g/mol. The number of phenols is 1. The molecule has 0 unspecified atom stereocenters. The van der Waals surface area contributed by atoms with E-state index in [-0.39, 0.29) is 11.3 Å². The van der Waals surface area contributed by atoms with Crippen LogP contribution in [0.4, 0.5) is 4.39 Å². The maximum absolute atomic E-state index is 12.9. The SMILES string of the molecule is C=CCCc1cc(F)cc(C#N)c1O. The van der Waals surface area contributed by atoms with Gasteiger partial charge >= 0.3 is 0 Å². The highest BCUT2D eigenvalue weighted by Gasteiger charge is 2.08. The molecule has 0 aliphatic rings. The molecule has 1 aromatic rings. The number of aromatic hydroxyl groups is 1. The summed E-state index contributed by atoms with van der Waals surface area (Å²) in [7, 11) is 0. The summed E-state index contributed by atoms with van der Waals surface area (Å²) in [6, 6.07) is 3.99. The van der Waals surface area contributed by atoms with E-state index in [9.17, 15) is 9.50 Å². The lowest BCUT2D eigenvalue weighted by molar-refractivity contribution is 0.463. The number of halogens is 1. The standard InChI is InChI=1S/C11H10FNO/c1-2-3-4-8-5-10(12)6-9(7-13)11(8)14/h2,5-6,14H,1,3-4H2. The average Bonchev–Trinajstić information content (AvgIpc) is 2.18. The highest BCUT2D eigenvalue weighted by Crippen LogP contribution is 2.24. The summed E-state index contributed by atoms with van der Waals surface area (Å²) >= 11 is 0. The molecule has 0 amide bonds. The van der Waals surface area contributed by atoms with Crippen molar-refractivity contribution in [3.8, 4) is 11.8 Å². The van der Waals surface area contributed by atoms with Crippen molar-refractivity contribution in [1.29, 1.82) is 5.26 Å². The highest BCUT2D eigenvalue weighted by atomic mass is 19.1. The summed E-state index contributed by atoms with van der Waals surface area (Å²) < 4.78 is 12.9. The molecular weight excluding hydrogens is 181 g/mol. The van der Waals surface area contributed by atoms with E-state index in [2.05, 4.69) is 6.58 Å². The predicted octanol–water partition coefficient (Wildman–Crippen LogP) is 2.52. The Morgan fingerprint density at radius 3 is 2.86 bits per heavy atom. The van der Waals surface area contributed by atoms with E-state index in [1.165, 1.54) is 6.07 Å². The number of aryl methyl sites for hydroxylation is 1. The zero-order valence-electron chi connectivity index (χ0n) is 7.63. The van der Waals surface area contributed by atoms with Crippen LogP contribution in [0, 0.1) is 17.1 Å². The summed E-state index contributed by atoms with van der Waals surface area (Å²) in [4.78, 5) is 0. The lowest BCUT2D eigenvalue weighted by Crippen LogP contribution is -1.90. The van der Waals surface area contributed by atoms with Crippen LogP contribution in [0.3, 0.4) is 0 Å². The Labute approximate surface area is 81.9 Å². The molecule has 0 fully saturated rings. The number of benzene rings is 1. The minimum absolute atomic E-state index is 0.0240. The van der Waals surface area contributed by atoms with Crippen LogP contribution in [0.15, 0.2) is 24.8 Å². The molecule has 0 atom stereocenters. The molecule has 0 aromatic heterocycles. The van der Waals surface area contributed by atoms with Crippen molar-refractivity contribution in [2.45, 2.75) is 12.8 Å². The second-order valence-electron chi connectivity index (χ2n) is 2.90. The van der Waals surface area contributed by atoms with Crippen LogP contribution < -0.4 is 0 Å². The van der Waals surface area contributed by atoms with Crippen LogP contribution in [0.1, 0.15) is 17.5 Å². The first kappa shape index (κ1) is 10.3. The van der Waals surface area contributed by atoms with Crippen LogP contribution in [-0.2, 0) is 6.42 Å². The summed E-state index contributed by atoms with van der Waals surface area (Å²) in [5, 5.41) is 18.1. The largest absolute Gasteiger partial charge is 0.506 e. The van der Waals surface area contributed by atoms with Gasteiger partial charge in [0.2, 0.25) is 0 Å². The van der Waals surface area contributed by atoms with Gasteiger partial charge in [-0.25, -0.2) is 4.39 Å². The molecule has 0 aliphatic carbocycles. The van der Waals surface area contributed by atoms with Gasteiger partial charge in [0.25, 0.3) is 0 Å². The van der Waals surface area contributed by atoms with Gasteiger partial charge in [0.1, 0.15) is 17.6 Å². The molecule has 1 aromatic carbocycles. The first-order valence-corrected chi connectivity index (χ1v) is 4.21. The Morgan fingerprint density at radius 1 is 1.57 bits per heavy atom. The van der Waals surface area contributed by atoms with Crippen LogP contribution in [0.25, 0.3) is 0 Å². The minimum Gasteiger partial charge on any atom is -0.506 e. The molecule has 0 spiro atoms. The number of nitrogens with zero attached hydrogens (tertiary/aromatic N) is 1. The van der Waals surface area contributed by atoms with E-state index in [1.54, 1.807) is 12.1 Å². The van der Waals surface area contributed by atoms with Crippen LogP contribution in [0.5, 0.6) is 5.75 Å². The predicted molar refractivity (Wildman–Crippen MR) is 51.3 cm³/mol. The third kappa shape index (κ3) is 2.11. The van der Waals surface area contributed by atoms with Crippen molar-refractivity contribution < 1.29 is 9.50 Å². The van der Waals surface area contributed by atoms with Gasteiger partial charge in [0, 0.05) is 0 Å². The van der Waals surface area contributed by atoms with E-state index in [0.717, 1.165) is 6.07 Å². The van der Waals surface area contributed by atoms with E-state index in [1.807, 2.05) is 0 Å². The lowest BCUT2D eigenvalue weighted by atomic mass is 10.0. The topological polar surface area (TPSA) is 44.0 Å². The highest BCUT2D eigenvalue weighted by molar-refractivity contribution is 5.47. The zero-order chi connectivity index (χ0) is 10.6. The number of nitriles is 1. The van der Waals surface area contributed by atoms with Crippen molar-refractivity contribution >= 4 is 0 Å². The molecule has 1 rings (SSSR count). The van der Waals surface area contributed by atoms with Crippen LogP contribution >= 0.6 is 0 Å². The fraction of sp³-hybridized carbons (Fsp3) is 0.182.